The van der Waals surface area contributed by atoms with Gasteiger partial charge in [0.25, 0.3) is 0 Å². The van der Waals surface area contributed by atoms with E-state index in [4.69, 9.17) is 4.98 Å². The summed E-state index contributed by atoms with van der Waals surface area (Å²) in [6.45, 7) is 12.6. The van der Waals surface area contributed by atoms with Crippen LogP contribution in [0.5, 0.6) is 0 Å². The Morgan fingerprint density at radius 1 is 0.897 bits per heavy atom. The molecule has 2 aromatic rings. The van der Waals surface area contributed by atoms with E-state index in [1.54, 1.807) is 13.1 Å². The van der Waals surface area contributed by atoms with Crippen LogP contribution in [0.2, 0.25) is 0 Å². The maximum absolute atomic E-state index is 11.5. The molecule has 2 aliphatic heterocycles. The molecule has 1 amide bonds. The Hall–Kier alpha value is -2.90. The normalized spacial score (nSPS) is 17.6. The van der Waals surface area contributed by atoms with Gasteiger partial charge in [-0.15, -0.1) is 5.10 Å². The first-order valence-electron chi connectivity index (χ1n) is 10.3. The topological polar surface area (TPSA) is 68.7 Å². The Morgan fingerprint density at radius 3 is 2.24 bits per heavy atom. The van der Waals surface area contributed by atoms with Gasteiger partial charge in [0.05, 0.1) is 6.20 Å². The van der Waals surface area contributed by atoms with Crippen molar-refractivity contribution in [1.29, 1.82) is 0 Å². The molecular formula is C21H29N7O. The molecule has 8 heteroatoms. The summed E-state index contributed by atoms with van der Waals surface area (Å²) < 4.78 is 0. The fourth-order valence-electron chi connectivity index (χ4n) is 4.05. The van der Waals surface area contributed by atoms with Crippen molar-refractivity contribution in [2.75, 3.05) is 67.1 Å². The molecular weight excluding hydrogens is 366 g/mol. The summed E-state index contributed by atoms with van der Waals surface area (Å²) in [5, 5.41) is 8.49. The smallest absolute Gasteiger partial charge is 0.247 e. The van der Waals surface area contributed by atoms with Crippen molar-refractivity contribution in [2.45, 2.75) is 20.8 Å². The van der Waals surface area contributed by atoms with E-state index in [-0.39, 0.29) is 5.91 Å². The van der Waals surface area contributed by atoms with E-state index >= 15 is 0 Å². The molecule has 0 unspecified atom stereocenters. The number of aromatic nitrogens is 3. The minimum Gasteiger partial charge on any atom is -0.368 e. The third-order valence-corrected chi connectivity index (χ3v) is 6.06. The van der Waals surface area contributed by atoms with Crippen molar-refractivity contribution in [2.24, 2.45) is 0 Å². The predicted octanol–water partition coefficient (Wildman–Crippen LogP) is 1.48. The molecule has 2 aliphatic rings. The highest BCUT2D eigenvalue weighted by Gasteiger charge is 2.23. The number of hydrogen-bond acceptors (Lipinski definition) is 7. The van der Waals surface area contributed by atoms with Crippen molar-refractivity contribution in [3.8, 4) is 0 Å². The maximum Gasteiger partial charge on any atom is 0.247 e. The Balaban J connectivity index is 1.40. The van der Waals surface area contributed by atoms with Crippen LogP contribution < -0.4 is 14.7 Å². The monoisotopic (exact) mass is 395 g/mol. The zero-order valence-electron chi connectivity index (χ0n) is 17.5. The van der Waals surface area contributed by atoms with Gasteiger partial charge in [0.15, 0.2) is 5.82 Å². The molecule has 0 saturated carbocycles. The first-order valence-corrected chi connectivity index (χ1v) is 10.3. The molecule has 3 heterocycles. The number of carbonyl (C=O) groups is 1. The highest BCUT2D eigenvalue weighted by Crippen LogP contribution is 2.25. The highest BCUT2D eigenvalue weighted by atomic mass is 16.2. The van der Waals surface area contributed by atoms with Crippen molar-refractivity contribution in [3.63, 3.8) is 0 Å². The van der Waals surface area contributed by atoms with Gasteiger partial charge in [0.2, 0.25) is 11.9 Å². The molecule has 0 bridgehead atoms. The molecule has 1 aromatic carbocycles. The van der Waals surface area contributed by atoms with Crippen LogP contribution in [0.3, 0.4) is 0 Å². The van der Waals surface area contributed by atoms with E-state index in [0.29, 0.717) is 5.95 Å². The lowest BCUT2D eigenvalue weighted by Crippen LogP contribution is -2.49. The number of hydrogen-bond donors (Lipinski definition) is 0. The maximum atomic E-state index is 11.5. The van der Waals surface area contributed by atoms with Crippen LogP contribution in [-0.2, 0) is 4.79 Å². The molecule has 2 saturated heterocycles. The molecule has 0 N–H and O–H groups in total. The van der Waals surface area contributed by atoms with E-state index in [9.17, 15) is 4.79 Å². The molecule has 1 aromatic heterocycles. The second kappa shape index (κ2) is 8.23. The van der Waals surface area contributed by atoms with E-state index in [2.05, 4.69) is 56.9 Å². The van der Waals surface area contributed by atoms with Gasteiger partial charge in [-0.05, 0) is 31.0 Å². The third-order valence-electron chi connectivity index (χ3n) is 6.06. The van der Waals surface area contributed by atoms with Gasteiger partial charge in [0, 0.05) is 65.0 Å². The number of rotatable bonds is 3. The molecule has 29 heavy (non-hydrogen) atoms. The van der Waals surface area contributed by atoms with Crippen LogP contribution in [0.25, 0.3) is 0 Å². The lowest BCUT2D eigenvalue weighted by Gasteiger charge is -2.37. The van der Waals surface area contributed by atoms with E-state index in [0.717, 1.165) is 58.2 Å². The average molecular weight is 396 g/mol. The third kappa shape index (κ3) is 4.11. The zero-order valence-corrected chi connectivity index (χ0v) is 17.5. The number of benzene rings is 1. The van der Waals surface area contributed by atoms with Gasteiger partial charge in [-0.25, -0.2) is 0 Å². The van der Waals surface area contributed by atoms with Crippen LogP contribution >= 0.6 is 0 Å². The van der Waals surface area contributed by atoms with Crippen molar-refractivity contribution < 1.29 is 4.79 Å². The van der Waals surface area contributed by atoms with Crippen molar-refractivity contribution in [3.05, 3.63) is 35.5 Å². The van der Waals surface area contributed by atoms with Gasteiger partial charge in [0.1, 0.15) is 0 Å². The Morgan fingerprint density at radius 2 is 1.55 bits per heavy atom. The number of carbonyl (C=O) groups excluding carboxylic acids is 1. The van der Waals surface area contributed by atoms with Crippen LogP contribution in [0, 0.1) is 13.8 Å². The predicted molar refractivity (Wildman–Crippen MR) is 115 cm³/mol. The van der Waals surface area contributed by atoms with Crippen LogP contribution in [0.15, 0.2) is 24.4 Å². The SMILES string of the molecule is CC(=O)N1CCN(c2cnnc(N3CCN(c4cccc(C)c4C)CC3)n2)CC1. The number of nitrogens with zero attached hydrogens (tertiary/aromatic N) is 7. The molecule has 4 rings (SSSR count). The number of aryl methyl sites for hydroxylation is 1. The highest BCUT2D eigenvalue weighted by molar-refractivity contribution is 5.73. The lowest BCUT2D eigenvalue weighted by molar-refractivity contribution is -0.129. The average Bonchev–Trinajstić information content (AvgIpc) is 2.76. The first-order chi connectivity index (χ1) is 14.0. The first kappa shape index (κ1) is 19.4. The van der Waals surface area contributed by atoms with E-state index < -0.39 is 0 Å². The minimum atomic E-state index is 0.132. The quantitative estimate of drug-likeness (QED) is 0.780. The van der Waals surface area contributed by atoms with Crippen LogP contribution in [0.1, 0.15) is 18.1 Å². The Bertz CT molecular complexity index is 871. The lowest BCUT2D eigenvalue weighted by atomic mass is 10.1. The minimum absolute atomic E-state index is 0.132. The number of anilines is 3. The largest absolute Gasteiger partial charge is 0.368 e. The summed E-state index contributed by atoms with van der Waals surface area (Å²) in [5.41, 5.74) is 4.00. The molecule has 0 aliphatic carbocycles. The summed E-state index contributed by atoms with van der Waals surface area (Å²) in [5.74, 6) is 1.67. The summed E-state index contributed by atoms with van der Waals surface area (Å²) >= 11 is 0. The molecule has 8 nitrogen and oxygen atoms in total. The Kier molecular flexibility index (Phi) is 5.51. The van der Waals surface area contributed by atoms with E-state index in [1.165, 1.54) is 16.8 Å². The summed E-state index contributed by atoms with van der Waals surface area (Å²) in [6.07, 6.45) is 1.72. The second-order valence-corrected chi connectivity index (χ2v) is 7.80. The van der Waals surface area contributed by atoms with E-state index in [1.807, 2.05) is 4.90 Å². The Labute approximate surface area is 172 Å². The van der Waals surface area contributed by atoms with Crippen LogP contribution in [-0.4, -0.2) is 78.3 Å². The molecule has 2 fully saturated rings. The molecule has 154 valence electrons. The van der Waals surface area contributed by atoms with Gasteiger partial charge < -0.3 is 19.6 Å². The standard InChI is InChI=1S/C21H29N7O/c1-16-5-4-6-19(17(16)2)26-9-13-28(14-10-26)21-23-20(15-22-24-21)27-11-7-25(8-12-27)18(3)29/h4-6,15H,7-14H2,1-3H3. The van der Waals surface area contributed by atoms with Crippen LogP contribution in [0.4, 0.5) is 17.5 Å². The second-order valence-electron chi connectivity index (χ2n) is 7.80. The molecule has 0 radical (unpaired) electrons. The summed E-state index contributed by atoms with van der Waals surface area (Å²) in [6, 6.07) is 6.50. The van der Waals surface area contributed by atoms with Crippen molar-refractivity contribution >= 4 is 23.4 Å². The van der Waals surface area contributed by atoms with Gasteiger partial charge in [-0.2, -0.15) is 10.1 Å². The molecule has 0 atom stereocenters. The zero-order chi connectivity index (χ0) is 20.4. The van der Waals surface area contributed by atoms with Gasteiger partial charge in [-0.3, -0.25) is 4.79 Å². The molecule has 0 spiro atoms. The fraction of sp³-hybridized carbons (Fsp3) is 0.524. The summed E-state index contributed by atoms with van der Waals surface area (Å²) in [7, 11) is 0. The van der Waals surface area contributed by atoms with Crippen molar-refractivity contribution in [1.82, 2.24) is 20.1 Å². The number of amides is 1. The summed E-state index contributed by atoms with van der Waals surface area (Å²) in [4.78, 5) is 25.0. The fourth-order valence-corrected chi connectivity index (χ4v) is 4.05. The number of piperazine rings is 2. The van der Waals surface area contributed by atoms with Gasteiger partial charge >= 0.3 is 0 Å². The van der Waals surface area contributed by atoms with Gasteiger partial charge in [-0.1, -0.05) is 12.1 Å².